The van der Waals surface area contributed by atoms with Crippen molar-refractivity contribution in [3.63, 3.8) is 0 Å². The molecule has 1 aromatic heterocycles. The zero-order chi connectivity index (χ0) is 24.4. The fourth-order valence-corrected chi connectivity index (χ4v) is 3.30. The molecule has 3 N–H and O–H groups in total. The lowest BCUT2D eigenvalue weighted by Crippen LogP contribution is -2.50. The van der Waals surface area contributed by atoms with Crippen molar-refractivity contribution in [1.29, 1.82) is 0 Å². The van der Waals surface area contributed by atoms with Crippen molar-refractivity contribution in [3.05, 3.63) is 60.2 Å². The summed E-state index contributed by atoms with van der Waals surface area (Å²) >= 11 is 0. The van der Waals surface area contributed by atoms with Crippen molar-refractivity contribution in [2.24, 2.45) is 5.73 Å². The van der Waals surface area contributed by atoms with Gasteiger partial charge in [-0.3, -0.25) is 10.1 Å². The van der Waals surface area contributed by atoms with Crippen LogP contribution >= 0.6 is 0 Å². The number of nitrogens with two attached hydrogens (primary N) is 1. The van der Waals surface area contributed by atoms with E-state index >= 15 is 0 Å². The highest BCUT2D eigenvalue weighted by molar-refractivity contribution is 5.83. The third-order valence-electron chi connectivity index (χ3n) is 5.44. The summed E-state index contributed by atoms with van der Waals surface area (Å²) in [6.07, 6.45) is 10.4. The van der Waals surface area contributed by atoms with Gasteiger partial charge < -0.3 is 19.8 Å². The quantitative estimate of drug-likeness (QED) is 0.248. The van der Waals surface area contributed by atoms with Crippen LogP contribution in [0.25, 0.3) is 11.0 Å². The summed E-state index contributed by atoms with van der Waals surface area (Å²) in [5.41, 5.74) is 7.56. The number of aromatic nitrogens is 2. The summed E-state index contributed by atoms with van der Waals surface area (Å²) in [6.45, 7) is 13.3. The first-order valence-electron chi connectivity index (χ1n) is 11.4. The normalized spacial score (nSPS) is 12.6. The summed E-state index contributed by atoms with van der Waals surface area (Å²) in [6, 6.07) is 4.07. The van der Waals surface area contributed by atoms with Crippen LogP contribution in [-0.2, 0) is 22.6 Å². The van der Waals surface area contributed by atoms with Crippen molar-refractivity contribution in [3.8, 4) is 5.75 Å². The van der Waals surface area contributed by atoms with E-state index in [2.05, 4.69) is 23.4 Å². The van der Waals surface area contributed by atoms with Gasteiger partial charge in [0.15, 0.2) is 0 Å². The molecule has 0 aliphatic heterocycles. The van der Waals surface area contributed by atoms with Gasteiger partial charge in [-0.2, -0.15) is 0 Å². The lowest BCUT2D eigenvalue weighted by molar-refractivity contribution is -0.123. The summed E-state index contributed by atoms with van der Waals surface area (Å²) in [5.74, 6) is 1.94. The maximum atomic E-state index is 11.7. The molecule has 1 aromatic carbocycles. The van der Waals surface area contributed by atoms with Gasteiger partial charge in [-0.25, -0.2) is 4.98 Å². The minimum absolute atomic E-state index is 0.404. The number of hydrogen-bond acceptors (Lipinski definition) is 5. The van der Waals surface area contributed by atoms with Gasteiger partial charge in [0.1, 0.15) is 17.3 Å². The molecular formula is C26H38N4O3. The predicted molar refractivity (Wildman–Crippen MR) is 134 cm³/mol. The van der Waals surface area contributed by atoms with E-state index in [-0.39, 0.29) is 0 Å². The molecule has 2 aromatic rings. The molecule has 0 saturated heterocycles. The van der Waals surface area contributed by atoms with E-state index in [1.165, 1.54) is 0 Å². The van der Waals surface area contributed by atoms with Crippen LogP contribution in [0, 0.1) is 6.92 Å². The minimum atomic E-state index is -0.834. The molecule has 33 heavy (non-hydrogen) atoms. The summed E-state index contributed by atoms with van der Waals surface area (Å²) in [7, 11) is 1.71. The Morgan fingerprint density at radius 2 is 2.09 bits per heavy atom. The van der Waals surface area contributed by atoms with Crippen LogP contribution in [0.3, 0.4) is 0 Å². The molecule has 0 aliphatic rings. The first kappa shape index (κ1) is 26.4. The molecule has 2 rings (SSSR count). The molecule has 7 nitrogen and oxygen atoms in total. The van der Waals surface area contributed by atoms with E-state index in [4.69, 9.17) is 20.2 Å². The van der Waals surface area contributed by atoms with Crippen molar-refractivity contribution < 1.29 is 14.3 Å². The topological polar surface area (TPSA) is 91.4 Å². The average molecular weight is 455 g/mol. The summed E-state index contributed by atoms with van der Waals surface area (Å²) in [5, 5.41) is 3.24. The highest BCUT2D eigenvalue weighted by Crippen LogP contribution is 2.28. The molecule has 180 valence electrons. The van der Waals surface area contributed by atoms with E-state index in [9.17, 15) is 4.79 Å². The number of ether oxygens (including phenoxy) is 2. The smallest absolute Gasteiger partial charge is 0.237 e. The van der Waals surface area contributed by atoms with E-state index in [1.807, 2.05) is 37.3 Å². The Morgan fingerprint density at radius 1 is 1.33 bits per heavy atom. The number of aryl methyl sites for hydroxylation is 2. The maximum Gasteiger partial charge on any atom is 0.237 e. The van der Waals surface area contributed by atoms with Crippen molar-refractivity contribution in [2.75, 3.05) is 13.7 Å². The van der Waals surface area contributed by atoms with Gasteiger partial charge in [0.05, 0.1) is 23.1 Å². The van der Waals surface area contributed by atoms with Crippen LogP contribution < -0.4 is 15.8 Å². The van der Waals surface area contributed by atoms with Gasteiger partial charge in [-0.1, -0.05) is 25.7 Å². The molecule has 0 atom stereocenters. The number of unbranched alkanes of at least 4 members (excludes halogenated alkanes) is 1. The lowest BCUT2D eigenvalue weighted by Gasteiger charge is -2.22. The van der Waals surface area contributed by atoms with Crippen LogP contribution in [-0.4, -0.2) is 34.7 Å². The number of carbonyl (C=O) groups is 1. The summed E-state index contributed by atoms with van der Waals surface area (Å²) in [4.78, 5) is 16.6. The Labute approximate surface area is 197 Å². The minimum Gasteiger partial charge on any atom is -0.457 e. The Kier molecular flexibility index (Phi) is 9.88. The number of carbonyl (C=O) groups excluding carboxylic acids is 1. The van der Waals surface area contributed by atoms with E-state index in [0.717, 1.165) is 59.7 Å². The Balaban J connectivity index is 2.45. The zero-order valence-corrected chi connectivity index (χ0v) is 20.6. The Hall–Kier alpha value is -2.90. The number of primary amides is 1. The lowest BCUT2D eigenvalue weighted by atomic mass is 10.1. The zero-order valence-electron chi connectivity index (χ0n) is 20.6. The number of nitrogens with one attached hydrogen (secondary N) is 1. The van der Waals surface area contributed by atoms with Crippen LogP contribution in [0.4, 0.5) is 0 Å². The highest BCUT2D eigenvalue weighted by Gasteiger charge is 2.25. The van der Waals surface area contributed by atoms with E-state index in [0.29, 0.717) is 13.2 Å². The number of benzene rings is 1. The van der Waals surface area contributed by atoms with Gasteiger partial charge in [0.2, 0.25) is 5.91 Å². The van der Waals surface area contributed by atoms with Crippen LogP contribution in [0.1, 0.15) is 51.4 Å². The third-order valence-corrected chi connectivity index (χ3v) is 5.44. The van der Waals surface area contributed by atoms with Crippen molar-refractivity contribution in [1.82, 2.24) is 14.9 Å². The van der Waals surface area contributed by atoms with Gasteiger partial charge >= 0.3 is 0 Å². The molecule has 0 radical (unpaired) electrons. The largest absolute Gasteiger partial charge is 0.457 e. The SMILES string of the molecule is C=C/C=C(\C=C/CC)Oc1cc2c(cc1C)nc(CNC(C)(C)C(N)=O)n2CCCCOC. The van der Waals surface area contributed by atoms with E-state index in [1.54, 1.807) is 27.0 Å². The van der Waals surface area contributed by atoms with Crippen molar-refractivity contribution >= 4 is 16.9 Å². The second kappa shape index (κ2) is 12.4. The molecule has 0 spiro atoms. The molecule has 0 bridgehead atoms. The Morgan fingerprint density at radius 3 is 2.73 bits per heavy atom. The standard InChI is InChI=1S/C26H38N4O3/c1-7-9-13-20(12-8-2)33-23-17-22-21(16-19(23)3)29-24(18-28-26(4,5)25(27)31)30(22)14-10-11-15-32-6/h8-9,12-13,16-17,28H,2,7,10-11,14-15,18H2,1,3-6H3,(H2,27,31)/b13-9-,20-12+. The van der Waals surface area contributed by atoms with Gasteiger partial charge in [-0.15, -0.1) is 0 Å². The number of fused-ring (bicyclic) bond motifs is 1. The molecule has 0 fully saturated rings. The fourth-order valence-electron chi connectivity index (χ4n) is 3.30. The molecule has 1 amide bonds. The number of allylic oxidation sites excluding steroid dienone is 4. The van der Waals surface area contributed by atoms with Crippen LogP contribution in [0.2, 0.25) is 0 Å². The fraction of sp³-hybridized carbons (Fsp3) is 0.462. The first-order chi connectivity index (χ1) is 15.7. The average Bonchev–Trinajstić information content (AvgIpc) is 3.10. The molecule has 0 saturated carbocycles. The van der Waals surface area contributed by atoms with Crippen LogP contribution in [0.5, 0.6) is 5.75 Å². The monoisotopic (exact) mass is 454 g/mol. The third kappa shape index (κ3) is 7.30. The number of methoxy groups -OCH3 is 1. The van der Waals surface area contributed by atoms with E-state index < -0.39 is 11.4 Å². The molecule has 1 heterocycles. The molecular weight excluding hydrogens is 416 g/mol. The Bertz CT molecular complexity index is 1020. The van der Waals surface area contributed by atoms with Gasteiger partial charge in [-0.05, 0) is 63.8 Å². The molecule has 7 heteroatoms. The highest BCUT2D eigenvalue weighted by atomic mass is 16.5. The second-order valence-electron chi connectivity index (χ2n) is 8.55. The second-order valence-corrected chi connectivity index (χ2v) is 8.55. The van der Waals surface area contributed by atoms with Crippen LogP contribution in [0.15, 0.2) is 48.8 Å². The number of imidazole rings is 1. The first-order valence-corrected chi connectivity index (χ1v) is 11.4. The molecule has 0 unspecified atom stereocenters. The van der Waals surface area contributed by atoms with Crippen molar-refractivity contribution in [2.45, 2.75) is 65.6 Å². The number of hydrogen-bond donors (Lipinski definition) is 2. The van der Waals surface area contributed by atoms with Gasteiger partial charge in [0, 0.05) is 26.3 Å². The summed E-state index contributed by atoms with van der Waals surface area (Å²) < 4.78 is 13.6. The predicted octanol–water partition coefficient (Wildman–Crippen LogP) is 4.54. The van der Waals surface area contributed by atoms with Gasteiger partial charge in [0.25, 0.3) is 0 Å². The number of nitrogens with zero attached hydrogens (tertiary/aromatic N) is 2. The molecule has 0 aliphatic carbocycles. The maximum absolute atomic E-state index is 11.7. The number of rotatable bonds is 14. The number of amides is 1.